The normalized spacial score (nSPS) is 12.8. The van der Waals surface area contributed by atoms with Gasteiger partial charge in [0.25, 0.3) is 5.91 Å². The highest BCUT2D eigenvalue weighted by molar-refractivity contribution is 6.30. The van der Waals surface area contributed by atoms with Gasteiger partial charge in [-0.25, -0.2) is 4.79 Å². The molecule has 1 atom stereocenters. The van der Waals surface area contributed by atoms with E-state index < -0.39 is 23.5 Å². The molecule has 0 spiro atoms. The maximum atomic E-state index is 13.0. The molecule has 0 aliphatic heterocycles. The lowest BCUT2D eigenvalue weighted by atomic mass is 10.0. The number of ketones is 1. The molecule has 2 aromatic rings. The van der Waals surface area contributed by atoms with Gasteiger partial charge in [0.15, 0.2) is 11.4 Å². The number of ether oxygens (including phenoxy) is 1. The lowest BCUT2D eigenvalue weighted by Crippen LogP contribution is -2.52. The monoisotopic (exact) mass is 756 g/mol. The average Bonchev–Trinajstić information content (AvgIpc) is 3.15. The first-order valence-corrected chi connectivity index (χ1v) is 19.2. The number of hydrogen-bond acceptors (Lipinski definition) is 5. The molecular formula is C45H57ClN2O6. The van der Waals surface area contributed by atoms with Gasteiger partial charge in [-0.3, -0.25) is 14.4 Å². The Kier molecular flexibility index (Phi) is 22.4. The highest BCUT2D eigenvalue weighted by atomic mass is 35.5. The molecule has 2 rings (SSSR count). The molecule has 2 amide bonds. The van der Waals surface area contributed by atoms with Crippen LogP contribution in [-0.4, -0.2) is 46.9 Å². The second-order valence-electron chi connectivity index (χ2n) is 13.1. The van der Waals surface area contributed by atoms with Crippen molar-refractivity contribution in [2.24, 2.45) is 0 Å². The number of carbonyl (C=O) groups excluding carboxylic acids is 3. The summed E-state index contributed by atoms with van der Waals surface area (Å²) >= 11 is 5.91. The van der Waals surface area contributed by atoms with E-state index in [4.69, 9.17) is 16.3 Å². The third-order valence-corrected chi connectivity index (χ3v) is 8.37. The number of unbranched alkanes of at least 4 members (excludes halogenated alkanes) is 1. The smallest absolute Gasteiger partial charge is 0.326 e. The van der Waals surface area contributed by atoms with Crippen LogP contribution < -0.4 is 15.4 Å². The summed E-state index contributed by atoms with van der Waals surface area (Å²) in [5.41, 5.74) is -0.447. The molecule has 9 heteroatoms. The zero-order chi connectivity index (χ0) is 39.4. The number of nitrogens with one attached hydrogen (secondary N) is 2. The Morgan fingerprint density at radius 3 is 1.70 bits per heavy atom. The van der Waals surface area contributed by atoms with Crippen LogP contribution in [0.5, 0.6) is 5.75 Å². The summed E-state index contributed by atoms with van der Waals surface area (Å²) < 4.78 is 5.88. The molecule has 0 heterocycles. The van der Waals surface area contributed by atoms with Crippen LogP contribution in [0.25, 0.3) is 0 Å². The highest BCUT2D eigenvalue weighted by Crippen LogP contribution is 2.22. The molecule has 0 aliphatic carbocycles. The number of hydrogen-bond donors (Lipinski definition) is 3. The molecule has 0 saturated heterocycles. The molecule has 0 fully saturated rings. The minimum atomic E-state index is -1.38. The van der Waals surface area contributed by atoms with Gasteiger partial charge in [0.05, 0.1) is 0 Å². The van der Waals surface area contributed by atoms with Crippen LogP contribution in [0.3, 0.4) is 0 Å². The van der Waals surface area contributed by atoms with E-state index in [-0.39, 0.29) is 18.1 Å². The van der Waals surface area contributed by atoms with Crippen molar-refractivity contribution in [1.29, 1.82) is 0 Å². The van der Waals surface area contributed by atoms with Crippen LogP contribution in [0.4, 0.5) is 0 Å². The molecule has 290 valence electrons. The van der Waals surface area contributed by atoms with E-state index in [0.717, 1.165) is 38.5 Å². The Bertz CT molecular complexity index is 1620. The van der Waals surface area contributed by atoms with Crippen molar-refractivity contribution >= 4 is 35.2 Å². The molecule has 54 heavy (non-hydrogen) atoms. The Morgan fingerprint density at radius 1 is 0.722 bits per heavy atom. The predicted octanol–water partition coefficient (Wildman–Crippen LogP) is 10.1. The first-order valence-electron chi connectivity index (χ1n) is 18.8. The largest absolute Gasteiger partial charge is 0.480 e. The summed E-state index contributed by atoms with van der Waals surface area (Å²) in [5.74, 6) is -1.62. The van der Waals surface area contributed by atoms with Crippen LogP contribution in [0.15, 0.2) is 121 Å². The van der Waals surface area contributed by atoms with Gasteiger partial charge in [0.2, 0.25) is 5.91 Å². The average molecular weight is 757 g/mol. The Labute approximate surface area is 326 Å². The molecule has 0 bridgehead atoms. The number of halogens is 1. The van der Waals surface area contributed by atoms with E-state index in [1.54, 1.807) is 62.4 Å². The van der Waals surface area contributed by atoms with Gasteiger partial charge in [-0.15, -0.1) is 0 Å². The van der Waals surface area contributed by atoms with E-state index in [0.29, 0.717) is 54.1 Å². The minimum absolute atomic E-state index is 0.0566. The molecule has 1 unspecified atom stereocenters. The minimum Gasteiger partial charge on any atom is -0.480 e. The van der Waals surface area contributed by atoms with Gasteiger partial charge in [-0.2, -0.15) is 0 Å². The SMILES string of the molecule is CC/C=C\C/C=C\C/C=C\C/C=C\C/C=C\C/C=C\CCC(=O)NCCCCC(NC(=O)C(C)(C)Oc1ccc(C(=O)c2ccc(Cl)cc2)cc1)C(=O)O. The van der Waals surface area contributed by atoms with Gasteiger partial charge in [0, 0.05) is 29.1 Å². The summed E-state index contributed by atoms with van der Waals surface area (Å²) in [6.07, 6.45) is 33.8. The van der Waals surface area contributed by atoms with Gasteiger partial charge in [0.1, 0.15) is 11.8 Å². The molecule has 0 radical (unpaired) electrons. The first kappa shape index (κ1) is 45.2. The number of benzene rings is 2. The van der Waals surface area contributed by atoms with Gasteiger partial charge in [-0.05, 0) is 127 Å². The van der Waals surface area contributed by atoms with Crippen molar-refractivity contribution < 1.29 is 29.0 Å². The third-order valence-electron chi connectivity index (χ3n) is 8.12. The van der Waals surface area contributed by atoms with Crippen molar-refractivity contribution in [3.63, 3.8) is 0 Å². The fraction of sp³-hybridized carbons (Fsp3) is 0.378. The lowest BCUT2D eigenvalue weighted by molar-refractivity contribution is -0.145. The van der Waals surface area contributed by atoms with Crippen LogP contribution in [0.2, 0.25) is 5.02 Å². The highest BCUT2D eigenvalue weighted by Gasteiger charge is 2.33. The van der Waals surface area contributed by atoms with Crippen LogP contribution in [0, 0.1) is 0 Å². The maximum absolute atomic E-state index is 13.0. The first-order chi connectivity index (χ1) is 26.0. The zero-order valence-electron chi connectivity index (χ0n) is 32.0. The lowest BCUT2D eigenvalue weighted by Gasteiger charge is -2.27. The number of aliphatic carboxylic acids is 1. The Morgan fingerprint density at radius 2 is 1.20 bits per heavy atom. The second kappa shape index (κ2) is 26.8. The van der Waals surface area contributed by atoms with Crippen molar-refractivity contribution in [2.45, 2.75) is 103 Å². The quantitative estimate of drug-likeness (QED) is 0.0499. The molecular weight excluding hydrogens is 700 g/mol. The van der Waals surface area contributed by atoms with Crippen molar-refractivity contribution in [3.05, 3.63) is 138 Å². The summed E-state index contributed by atoms with van der Waals surface area (Å²) in [5, 5.41) is 15.7. The van der Waals surface area contributed by atoms with Crippen molar-refractivity contribution in [1.82, 2.24) is 10.6 Å². The number of rotatable bonds is 26. The summed E-state index contributed by atoms with van der Waals surface area (Å²) in [6.45, 7) is 5.65. The fourth-order valence-corrected chi connectivity index (χ4v) is 5.14. The van der Waals surface area contributed by atoms with E-state index in [9.17, 15) is 24.3 Å². The topological polar surface area (TPSA) is 122 Å². The molecule has 0 aromatic heterocycles. The second-order valence-corrected chi connectivity index (χ2v) is 13.6. The van der Waals surface area contributed by atoms with E-state index in [1.807, 2.05) is 6.08 Å². The van der Waals surface area contributed by atoms with Crippen molar-refractivity contribution in [2.75, 3.05) is 6.54 Å². The van der Waals surface area contributed by atoms with Crippen LogP contribution >= 0.6 is 11.6 Å². The van der Waals surface area contributed by atoms with E-state index in [2.05, 4.69) is 84.4 Å². The third kappa shape index (κ3) is 19.8. The maximum Gasteiger partial charge on any atom is 0.326 e. The van der Waals surface area contributed by atoms with Gasteiger partial charge in [-0.1, -0.05) is 91.4 Å². The summed E-state index contributed by atoms with van der Waals surface area (Å²) in [6, 6.07) is 11.9. The fourth-order valence-electron chi connectivity index (χ4n) is 5.02. The van der Waals surface area contributed by atoms with E-state index >= 15 is 0 Å². The Balaban J connectivity index is 1.59. The number of amides is 2. The standard InChI is InChI=1S/C45H57ClN2O6/c1-4-5-6-7-8-9-10-11-12-13-14-15-16-17-18-19-20-21-22-26-41(49)47-35-24-23-25-40(43(51)52)48-44(53)45(2,3)54-39-33-29-37(30-34-39)42(50)36-27-31-38(46)32-28-36/h5-6,8-9,11-12,14-15,17-18,20-21,27-34,40H,4,7,10,13,16,19,22-26,35H2,1-3H3,(H,47,49)(H,48,53)(H,51,52)/b6-5-,9-8-,12-11-,15-14-,18-17-,21-20-. The predicted molar refractivity (Wildman–Crippen MR) is 220 cm³/mol. The molecule has 0 aliphatic rings. The van der Waals surface area contributed by atoms with Gasteiger partial charge < -0.3 is 20.5 Å². The molecule has 8 nitrogen and oxygen atoms in total. The summed E-state index contributed by atoms with van der Waals surface area (Å²) in [4.78, 5) is 49.8. The molecule has 2 aromatic carbocycles. The Hall–Kier alpha value is -4.95. The van der Waals surface area contributed by atoms with Gasteiger partial charge >= 0.3 is 5.97 Å². The summed E-state index contributed by atoms with van der Waals surface area (Å²) in [7, 11) is 0. The molecule has 0 saturated carbocycles. The molecule has 3 N–H and O–H groups in total. The van der Waals surface area contributed by atoms with E-state index in [1.165, 1.54) is 0 Å². The number of allylic oxidation sites excluding steroid dienone is 12. The number of carboxylic acids is 1. The van der Waals surface area contributed by atoms with Crippen LogP contribution in [0.1, 0.15) is 107 Å². The number of carboxylic acid groups (broad SMARTS) is 1. The zero-order valence-corrected chi connectivity index (χ0v) is 32.7. The van der Waals surface area contributed by atoms with Crippen molar-refractivity contribution in [3.8, 4) is 5.75 Å². The van der Waals surface area contributed by atoms with Crippen LogP contribution in [-0.2, 0) is 14.4 Å². The number of carbonyl (C=O) groups is 4.